The van der Waals surface area contributed by atoms with Crippen molar-refractivity contribution in [2.75, 3.05) is 0 Å². The second-order valence-electron chi connectivity index (χ2n) is 6.62. The fourth-order valence-electron chi connectivity index (χ4n) is 2.11. The van der Waals surface area contributed by atoms with Gasteiger partial charge >= 0.3 is 0 Å². The summed E-state index contributed by atoms with van der Waals surface area (Å²) in [6, 6.07) is 0.00463. The molecule has 0 bridgehead atoms. The number of hydrogen-bond donors (Lipinski definition) is 2. The molecule has 1 atom stereocenters. The minimum absolute atomic E-state index is 0.00463. The summed E-state index contributed by atoms with van der Waals surface area (Å²) in [5.74, 6) is 0.884. The lowest BCUT2D eigenvalue weighted by atomic mass is 9.95. The van der Waals surface area contributed by atoms with Gasteiger partial charge in [-0.15, -0.1) is 0 Å². The van der Waals surface area contributed by atoms with Crippen LogP contribution in [0.3, 0.4) is 0 Å². The Hall–Kier alpha value is -0.610. The molecule has 1 unspecified atom stereocenters. The molecule has 122 valence electrons. The second kappa shape index (κ2) is 9.35. The Kier molecular flexibility index (Phi) is 10.1. The van der Waals surface area contributed by atoms with Crippen molar-refractivity contribution in [1.29, 1.82) is 0 Å². The minimum atomic E-state index is -0.398. The van der Waals surface area contributed by atoms with E-state index in [1.165, 1.54) is 11.5 Å². The molecule has 1 saturated heterocycles. The molecule has 20 heavy (non-hydrogen) atoms. The summed E-state index contributed by atoms with van der Waals surface area (Å²) >= 11 is 0. The highest BCUT2D eigenvalue weighted by Gasteiger charge is 2.51. The third-order valence-electron chi connectivity index (χ3n) is 3.76. The molecule has 4 heteroatoms. The Morgan fingerprint density at radius 1 is 1.30 bits per heavy atom. The Bertz CT molecular complexity index is 263. The predicted octanol–water partition coefficient (Wildman–Crippen LogP) is 3.83. The van der Waals surface area contributed by atoms with E-state index >= 15 is 0 Å². The summed E-state index contributed by atoms with van der Waals surface area (Å²) in [4.78, 5) is 10.4. The normalized spacial score (nSPS) is 23.2. The van der Waals surface area contributed by atoms with Crippen molar-refractivity contribution in [1.82, 2.24) is 10.4 Å². The van der Waals surface area contributed by atoms with E-state index in [2.05, 4.69) is 26.1 Å². The van der Waals surface area contributed by atoms with Crippen molar-refractivity contribution < 1.29 is 10.0 Å². The largest absolute Gasteiger partial charge is 0.354 e. The first-order chi connectivity index (χ1) is 9.09. The first kappa shape index (κ1) is 21.7. The monoisotopic (exact) mass is 288 g/mol. The Morgan fingerprint density at radius 3 is 1.90 bits per heavy atom. The van der Waals surface area contributed by atoms with Crippen molar-refractivity contribution in [2.24, 2.45) is 5.92 Å². The third-order valence-corrected chi connectivity index (χ3v) is 3.76. The first-order valence-corrected chi connectivity index (χ1v) is 7.78. The van der Waals surface area contributed by atoms with E-state index < -0.39 is 5.54 Å². The Balaban J connectivity index is 0. The number of hydrogen-bond acceptors (Lipinski definition) is 3. The average molecular weight is 288 g/mol. The standard InChI is InChI=1S/C9H18N2O2.C5H12.C2H6/c1-8(2)5-7(10-6-12)9(3,4)11(8)13;1-4-5(2)3;1-2/h6-7,13H,5H2,1-4H3,(H,10,12);5H,4H2,1-3H3;1-2H3. The number of amides is 1. The number of carbonyl (C=O) groups is 1. The van der Waals surface area contributed by atoms with Crippen molar-refractivity contribution >= 4 is 6.41 Å². The van der Waals surface area contributed by atoms with Crippen LogP contribution in [0, 0.1) is 5.92 Å². The maximum Gasteiger partial charge on any atom is 0.207 e. The highest BCUT2D eigenvalue weighted by Crippen LogP contribution is 2.38. The van der Waals surface area contributed by atoms with Crippen molar-refractivity contribution in [3.05, 3.63) is 0 Å². The number of hydroxylamine groups is 2. The highest BCUT2D eigenvalue weighted by atomic mass is 16.5. The summed E-state index contributed by atoms with van der Waals surface area (Å²) in [6.45, 7) is 18.4. The van der Waals surface area contributed by atoms with Gasteiger partial charge in [-0.05, 0) is 40.0 Å². The van der Waals surface area contributed by atoms with Crippen LogP contribution in [-0.4, -0.2) is 33.8 Å². The first-order valence-electron chi connectivity index (χ1n) is 7.78. The van der Waals surface area contributed by atoms with Crippen molar-refractivity contribution in [3.63, 3.8) is 0 Å². The van der Waals surface area contributed by atoms with Gasteiger partial charge < -0.3 is 10.5 Å². The van der Waals surface area contributed by atoms with Gasteiger partial charge in [0.1, 0.15) is 0 Å². The zero-order valence-electron chi connectivity index (χ0n) is 14.9. The smallest absolute Gasteiger partial charge is 0.207 e. The van der Waals surface area contributed by atoms with Crippen LogP contribution in [0.1, 0.15) is 75.2 Å². The highest BCUT2D eigenvalue weighted by molar-refractivity contribution is 5.47. The Labute approximate surface area is 125 Å². The van der Waals surface area contributed by atoms with Crippen molar-refractivity contribution in [2.45, 2.75) is 92.3 Å². The molecule has 1 aliphatic heterocycles. The SMILES string of the molecule is CC.CC1(C)CC(NC=O)C(C)(C)N1O.CCC(C)C. The number of carbonyl (C=O) groups excluding carboxylic acids is 1. The molecular weight excluding hydrogens is 252 g/mol. The maximum absolute atomic E-state index is 10.4. The molecule has 1 amide bonds. The predicted molar refractivity (Wildman–Crippen MR) is 85.9 cm³/mol. The summed E-state index contributed by atoms with van der Waals surface area (Å²) in [5.41, 5.74) is -0.672. The minimum Gasteiger partial charge on any atom is -0.354 e. The van der Waals surface area contributed by atoms with Crippen LogP contribution in [0.15, 0.2) is 0 Å². The maximum atomic E-state index is 10.4. The van der Waals surface area contributed by atoms with Gasteiger partial charge in [0.05, 0.1) is 11.6 Å². The number of rotatable bonds is 3. The quantitative estimate of drug-likeness (QED) is 0.776. The third kappa shape index (κ3) is 6.23. The molecule has 0 spiro atoms. The molecule has 1 heterocycles. The van der Waals surface area contributed by atoms with Crippen LogP contribution in [0.25, 0.3) is 0 Å². The van der Waals surface area contributed by atoms with E-state index in [9.17, 15) is 10.0 Å². The van der Waals surface area contributed by atoms with E-state index in [0.717, 1.165) is 12.3 Å². The van der Waals surface area contributed by atoms with E-state index in [1.54, 1.807) is 0 Å². The molecule has 1 rings (SSSR count). The molecule has 0 aromatic rings. The molecule has 1 aliphatic rings. The molecule has 0 aromatic carbocycles. The van der Waals surface area contributed by atoms with Gasteiger partial charge in [0.15, 0.2) is 0 Å². The molecule has 0 aliphatic carbocycles. The molecule has 0 saturated carbocycles. The lowest BCUT2D eigenvalue weighted by molar-refractivity contribution is -0.194. The summed E-state index contributed by atoms with van der Waals surface area (Å²) in [7, 11) is 0. The molecule has 4 nitrogen and oxygen atoms in total. The van der Waals surface area contributed by atoms with Gasteiger partial charge in [0.25, 0.3) is 0 Å². The van der Waals surface area contributed by atoms with Crippen LogP contribution in [0.4, 0.5) is 0 Å². The second-order valence-corrected chi connectivity index (χ2v) is 6.62. The fourth-order valence-corrected chi connectivity index (χ4v) is 2.11. The zero-order valence-corrected chi connectivity index (χ0v) is 14.9. The Morgan fingerprint density at radius 2 is 1.70 bits per heavy atom. The van der Waals surface area contributed by atoms with Crippen LogP contribution < -0.4 is 5.32 Å². The van der Waals surface area contributed by atoms with Gasteiger partial charge in [-0.2, -0.15) is 5.06 Å². The lowest BCUT2D eigenvalue weighted by Gasteiger charge is -2.35. The van der Waals surface area contributed by atoms with Gasteiger partial charge in [-0.3, -0.25) is 4.79 Å². The molecule has 0 radical (unpaired) electrons. The van der Waals surface area contributed by atoms with E-state index in [0.29, 0.717) is 6.41 Å². The fraction of sp³-hybridized carbons (Fsp3) is 0.938. The average Bonchev–Trinajstić information content (AvgIpc) is 2.54. The summed E-state index contributed by atoms with van der Waals surface area (Å²) in [5, 5.41) is 13.9. The van der Waals surface area contributed by atoms with Crippen LogP contribution in [-0.2, 0) is 4.79 Å². The van der Waals surface area contributed by atoms with Gasteiger partial charge in [-0.1, -0.05) is 41.0 Å². The topological polar surface area (TPSA) is 52.6 Å². The van der Waals surface area contributed by atoms with Gasteiger partial charge in [0, 0.05) is 5.54 Å². The van der Waals surface area contributed by atoms with Gasteiger partial charge in [-0.25, -0.2) is 0 Å². The van der Waals surface area contributed by atoms with Crippen LogP contribution in [0.5, 0.6) is 0 Å². The molecule has 0 aromatic heterocycles. The van der Waals surface area contributed by atoms with Crippen LogP contribution in [0.2, 0.25) is 0 Å². The summed E-state index contributed by atoms with van der Waals surface area (Å²) < 4.78 is 0. The number of nitrogens with one attached hydrogen (secondary N) is 1. The van der Waals surface area contributed by atoms with Crippen LogP contribution >= 0.6 is 0 Å². The number of nitrogens with zero attached hydrogens (tertiary/aromatic N) is 1. The van der Waals surface area contributed by atoms with Gasteiger partial charge in [0.2, 0.25) is 6.41 Å². The molecule has 1 fully saturated rings. The van der Waals surface area contributed by atoms with Crippen molar-refractivity contribution in [3.8, 4) is 0 Å². The van der Waals surface area contributed by atoms with E-state index in [1.807, 2.05) is 41.5 Å². The van der Waals surface area contributed by atoms with E-state index in [4.69, 9.17) is 0 Å². The zero-order chi connectivity index (χ0) is 16.6. The summed E-state index contributed by atoms with van der Waals surface area (Å²) in [6.07, 6.45) is 2.76. The molecular formula is C16H36N2O2. The lowest BCUT2D eigenvalue weighted by Crippen LogP contribution is -2.51. The molecule has 2 N–H and O–H groups in total. The van der Waals surface area contributed by atoms with E-state index in [-0.39, 0.29) is 11.6 Å².